The summed E-state index contributed by atoms with van der Waals surface area (Å²) >= 11 is 2.23. The van der Waals surface area contributed by atoms with Crippen LogP contribution in [0.4, 0.5) is 0 Å². The molecule has 0 aliphatic heterocycles. The molecule has 0 saturated heterocycles. The zero-order valence-electron chi connectivity index (χ0n) is 11.2. The van der Waals surface area contributed by atoms with Crippen molar-refractivity contribution in [1.82, 2.24) is 5.32 Å². The zero-order valence-corrected chi connectivity index (χ0v) is 13.4. The summed E-state index contributed by atoms with van der Waals surface area (Å²) in [6.45, 7) is 2.18. The third-order valence-corrected chi connectivity index (χ3v) is 5.85. The summed E-state index contributed by atoms with van der Waals surface area (Å²) in [7, 11) is 0. The van der Waals surface area contributed by atoms with E-state index in [1.54, 1.807) is 0 Å². The van der Waals surface area contributed by atoms with E-state index in [9.17, 15) is 4.79 Å². The number of hydrogen-bond donors (Lipinski definition) is 1. The average Bonchev–Trinajstić information content (AvgIpc) is 3.01. The molecule has 4 atom stereocenters. The normalized spacial score (nSPS) is 30.3. The lowest BCUT2D eigenvalue weighted by molar-refractivity contribution is 0.0914. The second-order valence-corrected chi connectivity index (χ2v) is 7.24. The Kier molecular flexibility index (Phi) is 3.83. The van der Waals surface area contributed by atoms with Crippen molar-refractivity contribution < 1.29 is 4.79 Å². The van der Waals surface area contributed by atoms with Crippen molar-refractivity contribution >= 4 is 28.5 Å². The first-order valence-electron chi connectivity index (χ1n) is 7.20. The van der Waals surface area contributed by atoms with Gasteiger partial charge in [-0.15, -0.1) is 0 Å². The molecule has 0 spiro atoms. The molecule has 1 N–H and O–H groups in total. The van der Waals surface area contributed by atoms with E-state index >= 15 is 0 Å². The third kappa shape index (κ3) is 2.67. The molecule has 19 heavy (non-hydrogen) atoms. The van der Waals surface area contributed by atoms with Crippen LogP contribution in [0.25, 0.3) is 0 Å². The van der Waals surface area contributed by atoms with Crippen molar-refractivity contribution in [2.24, 2.45) is 17.8 Å². The largest absolute Gasteiger partial charge is 0.349 e. The number of benzene rings is 1. The lowest BCUT2D eigenvalue weighted by Crippen LogP contribution is -2.40. The Labute approximate surface area is 128 Å². The van der Waals surface area contributed by atoms with Crippen molar-refractivity contribution in [2.45, 2.75) is 38.6 Å². The molecular weight excluding hydrogens is 349 g/mol. The first-order valence-corrected chi connectivity index (χ1v) is 8.28. The van der Waals surface area contributed by atoms with E-state index in [2.05, 4.69) is 34.8 Å². The van der Waals surface area contributed by atoms with Crippen LogP contribution in [0.2, 0.25) is 0 Å². The van der Waals surface area contributed by atoms with Gasteiger partial charge in [-0.2, -0.15) is 0 Å². The van der Waals surface area contributed by atoms with Gasteiger partial charge in [0.15, 0.2) is 0 Å². The molecule has 3 heteroatoms. The molecule has 0 radical (unpaired) electrons. The van der Waals surface area contributed by atoms with Gasteiger partial charge in [-0.25, -0.2) is 0 Å². The second-order valence-electron chi connectivity index (χ2n) is 6.08. The molecule has 102 valence electrons. The van der Waals surface area contributed by atoms with E-state index in [1.165, 1.54) is 25.7 Å². The highest BCUT2D eigenvalue weighted by atomic mass is 127. The molecule has 2 fully saturated rings. The Bertz CT molecular complexity index is 487. The Morgan fingerprint density at radius 1 is 1.32 bits per heavy atom. The molecule has 0 heterocycles. The highest BCUT2D eigenvalue weighted by molar-refractivity contribution is 14.1. The maximum Gasteiger partial charge on any atom is 0.252 e. The van der Waals surface area contributed by atoms with Crippen LogP contribution < -0.4 is 5.32 Å². The summed E-state index contributed by atoms with van der Waals surface area (Å²) in [5, 5.41) is 3.22. The van der Waals surface area contributed by atoms with Gasteiger partial charge in [-0.1, -0.05) is 18.6 Å². The van der Waals surface area contributed by atoms with Gasteiger partial charge in [0.25, 0.3) is 5.91 Å². The fourth-order valence-corrected chi connectivity index (χ4v) is 4.58. The predicted octanol–water partition coefficient (Wildman–Crippen LogP) is 3.85. The van der Waals surface area contributed by atoms with Crippen LogP contribution in [-0.4, -0.2) is 11.9 Å². The highest BCUT2D eigenvalue weighted by Gasteiger charge is 2.42. The van der Waals surface area contributed by atoms with Gasteiger partial charge >= 0.3 is 0 Å². The molecule has 2 bridgehead atoms. The third-order valence-electron chi connectivity index (χ3n) is 4.91. The Morgan fingerprint density at radius 3 is 2.74 bits per heavy atom. The molecular formula is C16H20INO. The maximum atomic E-state index is 12.3. The molecule has 2 aliphatic rings. The van der Waals surface area contributed by atoms with Crippen LogP contribution in [0.5, 0.6) is 0 Å². The number of halogens is 1. The Morgan fingerprint density at radius 2 is 2.11 bits per heavy atom. The molecule has 1 aromatic rings. The van der Waals surface area contributed by atoms with E-state index in [4.69, 9.17) is 0 Å². The van der Waals surface area contributed by atoms with Crippen LogP contribution in [0, 0.1) is 21.3 Å². The maximum absolute atomic E-state index is 12.3. The number of amides is 1. The monoisotopic (exact) mass is 369 g/mol. The van der Waals surface area contributed by atoms with Gasteiger partial charge in [0, 0.05) is 9.61 Å². The average molecular weight is 369 g/mol. The van der Waals surface area contributed by atoms with E-state index in [1.807, 2.05) is 24.3 Å². The minimum Gasteiger partial charge on any atom is -0.349 e. The first-order chi connectivity index (χ1) is 9.15. The standard InChI is InChI=1S/C16H20INO/c1-10(14-9-11-6-7-12(14)8-11)18-16(19)13-4-2-3-5-15(13)17/h2-5,10-12,14H,6-9H2,1H3,(H,18,19)/t10-,11+,12+,14-/m1/s1. The van der Waals surface area contributed by atoms with Gasteiger partial charge in [0.05, 0.1) is 5.56 Å². The number of carbonyl (C=O) groups excluding carboxylic acids is 1. The van der Waals surface area contributed by atoms with Crippen LogP contribution in [0.3, 0.4) is 0 Å². The lowest BCUT2D eigenvalue weighted by atomic mass is 9.84. The van der Waals surface area contributed by atoms with Crippen molar-refractivity contribution in [2.75, 3.05) is 0 Å². The van der Waals surface area contributed by atoms with Crippen molar-refractivity contribution in [3.8, 4) is 0 Å². The fraction of sp³-hybridized carbons (Fsp3) is 0.562. The topological polar surface area (TPSA) is 29.1 Å². The summed E-state index contributed by atoms with van der Waals surface area (Å²) in [5.74, 6) is 2.57. The van der Waals surface area contributed by atoms with Crippen LogP contribution in [-0.2, 0) is 0 Å². The smallest absolute Gasteiger partial charge is 0.252 e. The fourth-order valence-electron chi connectivity index (χ4n) is 3.94. The van der Waals surface area contributed by atoms with Gasteiger partial charge < -0.3 is 5.32 Å². The summed E-state index contributed by atoms with van der Waals surface area (Å²) in [4.78, 5) is 12.3. The minimum atomic E-state index is 0.0836. The van der Waals surface area contributed by atoms with Crippen molar-refractivity contribution in [3.63, 3.8) is 0 Å². The summed E-state index contributed by atoms with van der Waals surface area (Å²) < 4.78 is 1.03. The lowest BCUT2D eigenvalue weighted by Gasteiger charge is -2.28. The van der Waals surface area contributed by atoms with Gasteiger partial charge in [-0.05, 0) is 78.7 Å². The van der Waals surface area contributed by atoms with Crippen LogP contribution >= 0.6 is 22.6 Å². The minimum absolute atomic E-state index is 0.0836. The number of nitrogens with one attached hydrogen (secondary N) is 1. The van der Waals surface area contributed by atoms with E-state index in [-0.39, 0.29) is 5.91 Å². The highest BCUT2D eigenvalue weighted by Crippen LogP contribution is 2.49. The van der Waals surface area contributed by atoms with Crippen molar-refractivity contribution in [1.29, 1.82) is 0 Å². The van der Waals surface area contributed by atoms with E-state index < -0.39 is 0 Å². The van der Waals surface area contributed by atoms with Gasteiger partial charge in [0.1, 0.15) is 0 Å². The summed E-state index contributed by atoms with van der Waals surface area (Å²) in [6, 6.07) is 8.10. The quantitative estimate of drug-likeness (QED) is 0.806. The number of fused-ring (bicyclic) bond motifs is 2. The van der Waals surface area contributed by atoms with Crippen LogP contribution in [0.15, 0.2) is 24.3 Å². The zero-order chi connectivity index (χ0) is 13.4. The molecule has 1 amide bonds. The second kappa shape index (κ2) is 5.43. The number of rotatable bonds is 3. The molecule has 1 aromatic carbocycles. The molecule has 2 nitrogen and oxygen atoms in total. The molecule has 0 aromatic heterocycles. The van der Waals surface area contributed by atoms with Crippen LogP contribution in [0.1, 0.15) is 43.0 Å². The Balaban J connectivity index is 1.65. The Hall–Kier alpha value is -0.580. The molecule has 3 rings (SSSR count). The first kappa shape index (κ1) is 13.4. The number of carbonyl (C=O) groups is 1. The number of hydrogen-bond acceptors (Lipinski definition) is 1. The molecule has 2 saturated carbocycles. The van der Waals surface area contributed by atoms with Gasteiger partial charge in [0.2, 0.25) is 0 Å². The van der Waals surface area contributed by atoms with Crippen molar-refractivity contribution in [3.05, 3.63) is 33.4 Å². The van der Waals surface area contributed by atoms with E-state index in [0.29, 0.717) is 12.0 Å². The molecule has 2 aliphatic carbocycles. The summed E-state index contributed by atoms with van der Waals surface area (Å²) in [6.07, 6.45) is 5.50. The molecule has 0 unspecified atom stereocenters. The van der Waals surface area contributed by atoms with Gasteiger partial charge in [-0.3, -0.25) is 4.79 Å². The predicted molar refractivity (Wildman–Crippen MR) is 85.0 cm³/mol. The summed E-state index contributed by atoms with van der Waals surface area (Å²) in [5.41, 5.74) is 0.804. The SMILES string of the molecule is C[C@@H](NC(=O)c1ccccc1I)[C@H]1C[C@H]2CC[C@H]1C2. The van der Waals surface area contributed by atoms with E-state index in [0.717, 1.165) is 21.0 Å².